The van der Waals surface area contributed by atoms with Crippen molar-refractivity contribution in [3.8, 4) is 0 Å². The van der Waals surface area contributed by atoms with E-state index in [4.69, 9.17) is 33.2 Å². The van der Waals surface area contributed by atoms with Crippen LogP contribution in [0.5, 0.6) is 0 Å². The number of hydrogen-bond acceptors (Lipinski definition) is 15. The molecule has 4 fully saturated rings. The lowest BCUT2D eigenvalue weighted by atomic mass is 9.75. The van der Waals surface area contributed by atoms with Crippen LogP contribution in [0, 0.1) is 17.8 Å². The number of carbonyl (C=O) groups is 1. The summed E-state index contributed by atoms with van der Waals surface area (Å²) >= 11 is 0. The molecule has 0 saturated carbocycles. The van der Waals surface area contributed by atoms with Crippen molar-refractivity contribution in [2.45, 2.75) is 211 Å². The number of hydrogen-bond donors (Lipinski definition) is 5. The molecule has 0 aromatic carbocycles. The number of carbonyl (C=O) groups excluding carboxylic acids is 1. The van der Waals surface area contributed by atoms with E-state index >= 15 is 0 Å². The second kappa shape index (κ2) is 19.6. The van der Waals surface area contributed by atoms with Crippen molar-refractivity contribution in [1.29, 1.82) is 0 Å². The summed E-state index contributed by atoms with van der Waals surface area (Å²) in [6.07, 6.45) is -5.99. The number of cyclic esters (lactones) is 1. The minimum Gasteiger partial charge on any atom is -0.459 e. The van der Waals surface area contributed by atoms with Crippen LogP contribution in [0.4, 0.5) is 0 Å². The monoisotopic (exact) mass is 832 g/mol. The zero-order chi connectivity index (χ0) is 43.7. The fraction of sp³-hybridized carbons (Fsp3) is 0.977. The van der Waals surface area contributed by atoms with Crippen molar-refractivity contribution < 1.29 is 58.4 Å². The molecule has 0 aromatic heterocycles. The normalized spacial score (nSPS) is 49.4. The molecular weight excluding hydrogens is 750 g/mol. The van der Waals surface area contributed by atoms with Gasteiger partial charge in [0.1, 0.15) is 41.3 Å². The van der Waals surface area contributed by atoms with Crippen LogP contribution in [0.25, 0.3) is 0 Å². The lowest BCUT2D eigenvalue weighted by molar-refractivity contribution is -0.338. The van der Waals surface area contributed by atoms with E-state index in [9.17, 15) is 25.2 Å². The number of ether oxygens (including phenoxy) is 7. The highest BCUT2D eigenvalue weighted by Gasteiger charge is 2.64. The van der Waals surface area contributed by atoms with Crippen molar-refractivity contribution in [3.05, 3.63) is 0 Å². The molecule has 4 aliphatic rings. The van der Waals surface area contributed by atoms with Crippen molar-refractivity contribution >= 4 is 5.97 Å². The van der Waals surface area contributed by atoms with Gasteiger partial charge in [-0.3, -0.25) is 9.69 Å². The molecule has 0 aliphatic carbocycles. The molecule has 0 radical (unpaired) electrons. The van der Waals surface area contributed by atoms with Crippen LogP contribution < -0.4 is 5.32 Å². The highest BCUT2D eigenvalue weighted by molar-refractivity contribution is 5.73. The van der Waals surface area contributed by atoms with E-state index in [2.05, 4.69) is 17.1 Å². The summed E-state index contributed by atoms with van der Waals surface area (Å²) in [5, 5.41) is 50.7. The number of likely N-dealkylation sites (N-methyl/N-ethyl adjacent to an activating group) is 1. The lowest BCUT2D eigenvalue weighted by Crippen LogP contribution is -2.68. The van der Waals surface area contributed by atoms with E-state index < -0.39 is 95.5 Å². The van der Waals surface area contributed by atoms with Crippen molar-refractivity contribution in [2.24, 2.45) is 17.8 Å². The summed E-state index contributed by atoms with van der Waals surface area (Å²) in [6, 6.07) is -0.850. The Kier molecular flexibility index (Phi) is 16.7. The van der Waals surface area contributed by atoms with Gasteiger partial charge in [0.05, 0.1) is 35.9 Å². The highest BCUT2D eigenvalue weighted by Crippen LogP contribution is 2.48. The third-order valence-electron chi connectivity index (χ3n) is 14.0. The number of rotatable bonds is 9. The molecule has 340 valence electrons. The Morgan fingerprint density at radius 3 is 2.21 bits per heavy atom. The molecule has 1 spiro atoms. The molecular formula is C43H81N3O12. The quantitative estimate of drug-likeness (QED) is 0.214. The number of aliphatic hydroxyl groups is 4. The molecule has 4 heterocycles. The Labute approximate surface area is 348 Å². The van der Waals surface area contributed by atoms with Gasteiger partial charge in [-0.2, -0.15) is 0 Å². The largest absolute Gasteiger partial charge is 0.459 e. The summed E-state index contributed by atoms with van der Waals surface area (Å²) in [5.41, 5.74) is -5.02. The maximum absolute atomic E-state index is 14.4. The first-order chi connectivity index (χ1) is 26.9. The second-order valence-corrected chi connectivity index (χ2v) is 19.2. The zero-order valence-electron chi connectivity index (χ0n) is 38.3. The Morgan fingerprint density at radius 2 is 1.62 bits per heavy atom. The molecule has 0 amide bonds. The Balaban J connectivity index is 1.80. The molecule has 4 saturated heterocycles. The van der Waals surface area contributed by atoms with Crippen LogP contribution in [0.15, 0.2) is 0 Å². The molecule has 58 heavy (non-hydrogen) atoms. The summed E-state index contributed by atoms with van der Waals surface area (Å²) in [4.78, 5) is 18.7. The Hall–Kier alpha value is -1.05. The lowest BCUT2D eigenvalue weighted by Gasteiger charge is -2.54. The standard InChI is InChI=1S/C43H81N3O12/c1-16-18-46-23-43(58-30(46)9)29(8)54-33(21-41(43,11)52-15)56-35-26(5)37(57-39-34(47)31(45(13)14)19-25(4)53-39)40(10,50)20-24(3)22-44-28(7)36(48)42(12,51)32(17-2)55-38(49)27(35)6/h24-37,39,44,47-48,50-51H,16-23H2,1-15H3. The first kappa shape index (κ1) is 49.6. The zero-order valence-corrected chi connectivity index (χ0v) is 38.3. The average molecular weight is 832 g/mol. The fourth-order valence-corrected chi connectivity index (χ4v) is 10.3. The number of methoxy groups -OCH3 is 1. The summed E-state index contributed by atoms with van der Waals surface area (Å²) in [6.45, 7) is 24.2. The van der Waals surface area contributed by atoms with Gasteiger partial charge in [0, 0.05) is 44.6 Å². The van der Waals surface area contributed by atoms with Gasteiger partial charge >= 0.3 is 5.97 Å². The van der Waals surface area contributed by atoms with E-state index in [1.165, 1.54) is 6.92 Å². The van der Waals surface area contributed by atoms with E-state index in [1.807, 2.05) is 60.5 Å². The van der Waals surface area contributed by atoms with Crippen LogP contribution in [-0.2, 0) is 38.0 Å². The predicted molar refractivity (Wildman–Crippen MR) is 219 cm³/mol. The Bertz CT molecular complexity index is 1330. The Morgan fingerprint density at radius 1 is 0.966 bits per heavy atom. The van der Waals surface area contributed by atoms with E-state index in [-0.39, 0.29) is 43.6 Å². The average Bonchev–Trinajstić information content (AvgIpc) is 3.49. The first-order valence-electron chi connectivity index (χ1n) is 21.9. The first-order valence-corrected chi connectivity index (χ1v) is 21.9. The molecule has 0 aromatic rings. The van der Waals surface area contributed by atoms with Crippen molar-refractivity contribution in [3.63, 3.8) is 0 Å². The summed E-state index contributed by atoms with van der Waals surface area (Å²) < 4.78 is 45.9. The van der Waals surface area contributed by atoms with Crippen molar-refractivity contribution in [2.75, 3.05) is 40.8 Å². The van der Waals surface area contributed by atoms with Crippen LogP contribution in [0.3, 0.4) is 0 Å². The molecule has 0 bridgehead atoms. The van der Waals surface area contributed by atoms with E-state index in [0.29, 0.717) is 19.5 Å². The van der Waals surface area contributed by atoms with E-state index in [0.717, 1.165) is 13.0 Å². The molecule has 15 nitrogen and oxygen atoms in total. The van der Waals surface area contributed by atoms with Crippen LogP contribution in [-0.4, -0.2) is 173 Å². The van der Waals surface area contributed by atoms with Crippen LogP contribution >= 0.6 is 0 Å². The minimum absolute atomic E-state index is 0.147. The predicted octanol–water partition coefficient (Wildman–Crippen LogP) is 3.02. The van der Waals surface area contributed by atoms with Gasteiger partial charge in [-0.15, -0.1) is 0 Å². The fourth-order valence-electron chi connectivity index (χ4n) is 10.3. The summed E-state index contributed by atoms with van der Waals surface area (Å²) in [7, 11) is 5.47. The van der Waals surface area contributed by atoms with Gasteiger partial charge < -0.3 is 63.8 Å². The van der Waals surface area contributed by atoms with Crippen LogP contribution in [0.2, 0.25) is 0 Å². The minimum atomic E-state index is -1.80. The van der Waals surface area contributed by atoms with Gasteiger partial charge in [0.15, 0.2) is 12.6 Å². The third kappa shape index (κ3) is 10.2. The SMILES string of the molecule is CCCN1CC2(OC1C)C(C)OC(OC1C(C)C(=O)OC(CC)C(C)(O)C(O)C(C)NCC(C)CC(C)(O)C(OC3OC(C)CC(N(C)C)C3O)C1C)CC2(C)OC. The van der Waals surface area contributed by atoms with Gasteiger partial charge in [0.25, 0.3) is 0 Å². The van der Waals surface area contributed by atoms with Gasteiger partial charge in [-0.05, 0) is 108 Å². The van der Waals surface area contributed by atoms with Gasteiger partial charge in [-0.25, -0.2) is 0 Å². The maximum Gasteiger partial charge on any atom is 0.311 e. The maximum atomic E-state index is 14.4. The second-order valence-electron chi connectivity index (χ2n) is 19.2. The smallest absolute Gasteiger partial charge is 0.311 e. The number of aliphatic hydroxyl groups excluding tert-OH is 2. The third-order valence-corrected chi connectivity index (χ3v) is 14.0. The number of nitrogens with one attached hydrogen (secondary N) is 1. The number of nitrogens with zero attached hydrogens (tertiary/aromatic N) is 2. The number of esters is 1. The molecule has 5 N–H and O–H groups in total. The van der Waals surface area contributed by atoms with Gasteiger partial charge in [-0.1, -0.05) is 27.7 Å². The topological polar surface area (TPSA) is 181 Å². The molecule has 15 heteroatoms. The van der Waals surface area contributed by atoms with Crippen molar-refractivity contribution in [1.82, 2.24) is 15.1 Å². The highest BCUT2D eigenvalue weighted by atomic mass is 16.7. The van der Waals surface area contributed by atoms with E-state index in [1.54, 1.807) is 34.8 Å². The molecule has 19 unspecified atom stereocenters. The molecule has 4 aliphatic heterocycles. The molecule has 19 atom stereocenters. The summed E-state index contributed by atoms with van der Waals surface area (Å²) in [5.74, 6) is -2.53. The van der Waals surface area contributed by atoms with Crippen LogP contribution in [0.1, 0.15) is 115 Å². The molecule has 4 rings (SSSR count). The van der Waals surface area contributed by atoms with Gasteiger partial charge in [0.2, 0.25) is 0 Å².